The number of hydrogen-bond acceptors (Lipinski definition) is 4. The third kappa shape index (κ3) is 2.91. The van der Waals surface area contributed by atoms with Gasteiger partial charge in [-0.3, -0.25) is 4.79 Å². The number of benzene rings is 1. The minimum Gasteiger partial charge on any atom is -0.462 e. The number of carbonyl (C=O) groups excluding carboxylic acids is 1. The number of anilines is 1. The van der Waals surface area contributed by atoms with Gasteiger partial charge in [-0.1, -0.05) is 0 Å². The van der Waals surface area contributed by atoms with Gasteiger partial charge in [0.05, 0.1) is 0 Å². The molecule has 1 aliphatic heterocycles. The van der Waals surface area contributed by atoms with Gasteiger partial charge < -0.3 is 15.8 Å². The Morgan fingerprint density at radius 1 is 1.36 bits per heavy atom. The number of amides is 1. The molecule has 3 atom stereocenters. The summed E-state index contributed by atoms with van der Waals surface area (Å²) in [5, 5.41) is 2.30. The monoisotopic (exact) mass is 359 g/mol. The number of alkyl halides is 3. The maximum Gasteiger partial charge on any atom is 0.283 e. The van der Waals surface area contributed by atoms with Crippen LogP contribution in [0.2, 0.25) is 0 Å². The van der Waals surface area contributed by atoms with E-state index in [1.807, 2.05) is 0 Å². The van der Waals surface area contributed by atoms with Gasteiger partial charge in [0.1, 0.15) is 23.9 Å². The van der Waals surface area contributed by atoms with Crippen LogP contribution in [0.1, 0.15) is 25.8 Å². The molecule has 1 aromatic carbocycles. The summed E-state index contributed by atoms with van der Waals surface area (Å²) >= 11 is 0. The number of nitrogens with one attached hydrogen (secondary N) is 1. The third-order valence-electron chi connectivity index (χ3n) is 4.74. The van der Waals surface area contributed by atoms with Gasteiger partial charge in [-0.15, -0.1) is 0 Å². The van der Waals surface area contributed by atoms with Crippen molar-refractivity contribution in [2.45, 2.75) is 37.4 Å². The third-order valence-corrected chi connectivity index (χ3v) is 4.74. The van der Waals surface area contributed by atoms with Crippen LogP contribution in [0.15, 0.2) is 23.2 Å². The van der Waals surface area contributed by atoms with Gasteiger partial charge in [0.2, 0.25) is 5.91 Å². The topological polar surface area (TPSA) is 76.7 Å². The van der Waals surface area contributed by atoms with Gasteiger partial charge >= 0.3 is 0 Å². The molecule has 0 spiro atoms. The van der Waals surface area contributed by atoms with Crippen molar-refractivity contribution in [3.8, 4) is 0 Å². The van der Waals surface area contributed by atoms with E-state index in [0.29, 0.717) is 0 Å². The van der Waals surface area contributed by atoms with Crippen LogP contribution in [-0.4, -0.2) is 30.1 Å². The van der Waals surface area contributed by atoms with E-state index >= 15 is 0 Å². The number of ether oxygens (including phenoxy) is 1. The molecule has 136 valence electrons. The molecular formula is C16H17F4N3O2. The van der Waals surface area contributed by atoms with Crippen molar-refractivity contribution in [1.82, 2.24) is 0 Å². The average molecular weight is 359 g/mol. The van der Waals surface area contributed by atoms with E-state index < -0.39 is 47.8 Å². The number of nitrogens with zero attached hydrogens (tertiary/aromatic N) is 1. The first kappa shape index (κ1) is 17.5. The Balaban J connectivity index is 1.94. The molecule has 0 saturated heterocycles. The molecule has 9 heteroatoms. The molecular weight excluding hydrogens is 342 g/mol. The fraction of sp³-hybridized carbons (Fsp3) is 0.500. The highest BCUT2D eigenvalue weighted by molar-refractivity contribution is 5.95. The lowest BCUT2D eigenvalue weighted by molar-refractivity contribution is -0.119. The SMILES string of the molecule is C[C@]1(F)COC(N)=N[C@]1(C)c1cc(NC(=O)C2CC2(F)F)ccc1F. The Labute approximate surface area is 141 Å². The number of nitrogens with two attached hydrogens (primary N) is 1. The molecule has 1 amide bonds. The zero-order valence-electron chi connectivity index (χ0n) is 13.6. The van der Waals surface area contributed by atoms with Crippen LogP contribution < -0.4 is 11.1 Å². The van der Waals surface area contributed by atoms with Gasteiger partial charge in [0.25, 0.3) is 11.9 Å². The van der Waals surface area contributed by atoms with Crippen LogP contribution >= 0.6 is 0 Å². The van der Waals surface area contributed by atoms with Gasteiger partial charge in [-0.05, 0) is 32.0 Å². The van der Waals surface area contributed by atoms with Gasteiger partial charge in [0.15, 0.2) is 5.67 Å². The maximum absolute atomic E-state index is 15.0. The van der Waals surface area contributed by atoms with E-state index in [1.165, 1.54) is 26.0 Å². The summed E-state index contributed by atoms with van der Waals surface area (Å²) < 4.78 is 60.1. The van der Waals surface area contributed by atoms with Crippen LogP contribution in [0.4, 0.5) is 23.2 Å². The molecule has 1 unspecified atom stereocenters. The lowest BCUT2D eigenvalue weighted by Gasteiger charge is -2.40. The number of aliphatic imine (C=N–C) groups is 1. The largest absolute Gasteiger partial charge is 0.462 e. The lowest BCUT2D eigenvalue weighted by Crippen LogP contribution is -2.52. The molecule has 3 N–H and O–H groups in total. The van der Waals surface area contributed by atoms with E-state index in [0.717, 1.165) is 6.07 Å². The quantitative estimate of drug-likeness (QED) is 0.815. The number of halogens is 4. The predicted molar refractivity (Wildman–Crippen MR) is 82.5 cm³/mol. The van der Waals surface area contributed by atoms with Crippen molar-refractivity contribution in [2.75, 3.05) is 11.9 Å². The highest BCUT2D eigenvalue weighted by atomic mass is 19.3. The van der Waals surface area contributed by atoms with Crippen LogP contribution in [0, 0.1) is 11.7 Å². The Morgan fingerprint density at radius 2 is 2.00 bits per heavy atom. The van der Waals surface area contributed by atoms with Crippen molar-refractivity contribution >= 4 is 17.6 Å². The zero-order chi connectivity index (χ0) is 18.6. The first-order chi connectivity index (χ1) is 11.5. The maximum atomic E-state index is 15.0. The Bertz CT molecular complexity index is 766. The summed E-state index contributed by atoms with van der Waals surface area (Å²) in [5.74, 6) is -6.05. The highest BCUT2D eigenvalue weighted by Crippen LogP contribution is 2.49. The second-order valence-electron chi connectivity index (χ2n) is 6.71. The molecule has 1 aliphatic carbocycles. The number of rotatable bonds is 3. The summed E-state index contributed by atoms with van der Waals surface area (Å²) in [6, 6.07) is 3.11. The Hall–Kier alpha value is -2.32. The van der Waals surface area contributed by atoms with E-state index in [-0.39, 0.29) is 17.3 Å². The minimum atomic E-state index is -3.02. The van der Waals surface area contributed by atoms with Crippen molar-refractivity contribution in [3.05, 3.63) is 29.6 Å². The highest BCUT2D eigenvalue weighted by Gasteiger charge is 2.61. The van der Waals surface area contributed by atoms with Crippen LogP contribution in [-0.2, 0) is 15.1 Å². The predicted octanol–water partition coefficient (Wildman–Crippen LogP) is 2.71. The van der Waals surface area contributed by atoms with Gasteiger partial charge in [-0.25, -0.2) is 22.6 Å². The molecule has 1 fully saturated rings. The first-order valence-corrected chi connectivity index (χ1v) is 7.62. The number of carbonyl (C=O) groups is 1. The van der Waals surface area contributed by atoms with Gasteiger partial charge in [-0.2, -0.15) is 0 Å². The fourth-order valence-corrected chi connectivity index (χ4v) is 2.76. The summed E-state index contributed by atoms with van der Waals surface area (Å²) in [4.78, 5) is 15.7. The van der Waals surface area contributed by atoms with E-state index in [9.17, 15) is 22.4 Å². The summed E-state index contributed by atoms with van der Waals surface area (Å²) in [5.41, 5.74) is 1.62. The second-order valence-corrected chi connectivity index (χ2v) is 6.71. The van der Waals surface area contributed by atoms with Crippen molar-refractivity contribution in [1.29, 1.82) is 0 Å². The molecule has 0 radical (unpaired) electrons. The molecule has 1 aromatic rings. The number of hydrogen-bond donors (Lipinski definition) is 2. The second kappa shape index (κ2) is 5.34. The molecule has 5 nitrogen and oxygen atoms in total. The smallest absolute Gasteiger partial charge is 0.283 e. The van der Waals surface area contributed by atoms with Crippen molar-refractivity contribution in [2.24, 2.45) is 16.6 Å². The number of amidine groups is 1. The normalized spacial score (nSPS) is 33.2. The zero-order valence-corrected chi connectivity index (χ0v) is 13.6. The summed E-state index contributed by atoms with van der Waals surface area (Å²) in [7, 11) is 0. The van der Waals surface area contributed by atoms with E-state index in [4.69, 9.17) is 10.5 Å². The molecule has 0 bridgehead atoms. The molecule has 25 heavy (non-hydrogen) atoms. The van der Waals surface area contributed by atoms with Crippen LogP contribution in [0.5, 0.6) is 0 Å². The molecule has 3 rings (SSSR count). The summed E-state index contributed by atoms with van der Waals surface area (Å²) in [6.07, 6.45) is -0.523. The molecule has 1 saturated carbocycles. The van der Waals surface area contributed by atoms with E-state index in [2.05, 4.69) is 10.3 Å². The average Bonchev–Trinajstić information content (AvgIpc) is 3.14. The van der Waals surface area contributed by atoms with Gasteiger partial charge in [0, 0.05) is 17.7 Å². The van der Waals surface area contributed by atoms with Crippen LogP contribution in [0.25, 0.3) is 0 Å². The standard InChI is InChI=1S/C16H17F4N3O2/c1-14(18)7-25-13(21)23-15(14,2)9-5-8(3-4-11(9)17)22-12(24)10-6-16(10,19)20/h3-5,10H,6-7H2,1-2H3,(H2,21,23)(H,22,24)/t10?,14-,15+/m0/s1. The molecule has 1 heterocycles. The fourth-order valence-electron chi connectivity index (χ4n) is 2.76. The molecule has 2 aliphatic rings. The van der Waals surface area contributed by atoms with Crippen molar-refractivity contribution < 1.29 is 27.1 Å². The Morgan fingerprint density at radius 3 is 2.60 bits per heavy atom. The van der Waals surface area contributed by atoms with E-state index in [1.54, 1.807) is 0 Å². The minimum absolute atomic E-state index is 0.0707. The lowest BCUT2D eigenvalue weighted by atomic mass is 9.78. The molecule has 0 aromatic heterocycles. The van der Waals surface area contributed by atoms with Crippen molar-refractivity contribution in [3.63, 3.8) is 0 Å². The Kier molecular flexibility index (Phi) is 3.74. The van der Waals surface area contributed by atoms with Crippen LogP contribution in [0.3, 0.4) is 0 Å². The first-order valence-electron chi connectivity index (χ1n) is 7.62. The summed E-state index contributed by atoms with van der Waals surface area (Å²) in [6.45, 7) is 2.11.